The number of carbonyl (C=O) groups excluding carboxylic acids is 1. The van der Waals surface area contributed by atoms with Crippen LogP contribution < -0.4 is 14.2 Å². The predicted molar refractivity (Wildman–Crippen MR) is 130 cm³/mol. The Bertz CT molecular complexity index is 1010. The molecule has 0 N–H and O–H groups in total. The summed E-state index contributed by atoms with van der Waals surface area (Å²) >= 11 is 0. The molecule has 170 valence electrons. The smallest absolute Gasteiger partial charge is 0.347 e. The lowest BCUT2D eigenvalue weighted by Crippen LogP contribution is -2.13. The van der Waals surface area contributed by atoms with E-state index in [4.69, 9.17) is 14.2 Å². The summed E-state index contributed by atoms with van der Waals surface area (Å²) in [5.41, 5.74) is 1.49. The molecule has 0 aliphatic carbocycles. The summed E-state index contributed by atoms with van der Waals surface area (Å²) in [6.45, 7) is 7.55. The molecule has 0 amide bonds. The fourth-order valence-electron chi connectivity index (χ4n) is 3.73. The highest BCUT2D eigenvalue weighted by molar-refractivity contribution is 6.05. The van der Waals surface area contributed by atoms with E-state index in [9.17, 15) is 4.79 Å². The molecule has 0 fully saturated rings. The number of esters is 1. The second-order valence-electron chi connectivity index (χ2n) is 8.06. The SMILES string of the molecule is CCCCCOc1c(C(=O)Oc2ccccc2)cc(OCCCCC)c2c(C)cccc12. The number of rotatable bonds is 12. The number of benzene rings is 3. The lowest BCUT2D eigenvalue weighted by Gasteiger charge is -2.18. The van der Waals surface area contributed by atoms with Gasteiger partial charge in [-0.15, -0.1) is 0 Å². The fourth-order valence-corrected chi connectivity index (χ4v) is 3.73. The Hall–Kier alpha value is -3.01. The standard InChI is InChI=1S/C28H34O4/c1-4-6-11-18-30-25-20-24(28(29)32-22-15-9-8-10-16-22)27(31-19-12-7-5-2)23-17-13-14-21(3)26(23)25/h8-10,13-17,20H,4-7,11-12,18-19H2,1-3H3. The minimum absolute atomic E-state index is 0.397. The maximum Gasteiger partial charge on any atom is 0.347 e. The van der Waals surface area contributed by atoms with Crippen LogP contribution in [0.1, 0.15) is 68.3 Å². The molecule has 0 unspecified atom stereocenters. The van der Waals surface area contributed by atoms with Crippen molar-refractivity contribution in [3.8, 4) is 17.2 Å². The van der Waals surface area contributed by atoms with Crippen molar-refractivity contribution in [1.29, 1.82) is 0 Å². The first-order valence-corrected chi connectivity index (χ1v) is 11.7. The normalized spacial score (nSPS) is 10.8. The monoisotopic (exact) mass is 434 g/mol. The number of fused-ring (bicyclic) bond motifs is 1. The third-order valence-electron chi connectivity index (χ3n) is 5.46. The van der Waals surface area contributed by atoms with Crippen molar-refractivity contribution in [2.75, 3.05) is 13.2 Å². The summed E-state index contributed by atoms with van der Waals surface area (Å²) in [6.07, 6.45) is 6.34. The zero-order chi connectivity index (χ0) is 22.8. The van der Waals surface area contributed by atoms with Gasteiger partial charge in [-0.1, -0.05) is 75.9 Å². The van der Waals surface area contributed by atoms with Gasteiger partial charge in [-0.3, -0.25) is 0 Å². The van der Waals surface area contributed by atoms with E-state index >= 15 is 0 Å². The average molecular weight is 435 g/mol. The van der Waals surface area contributed by atoms with E-state index in [2.05, 4.69) is 26.8 Å². The van der Waals surface area contributed by atoms with Crippen LogP contribution in [0.4, 0.5) is 0 Å². The van der Waals surface area contributed by atoms with Gasteiger partial charge in [-0.2, -0.15) is 0 Å². The molecule has 0 aromatic heterocycles. The van der Waals surface area contributed by atoms with Crippen LogP contribution in [0.3, 0.4) is 0 Å². The minimum atomic E-state index is -0.441. The summed E-state index contributed by atoms with van der Waals surface area (Å²) in [6, 6.07) is 17.0. The van der Waals surface area contributed by atoms with Gasteiger partial charge in [0.25, 0.3) is 0 Å². The molecule has 4 nitrogen and oxygen atoms in total. The number of ether oxygens (including phenoxy) is 3. The van der Waals surface area contributed by atoms with Crippen LogP contribution in [0.25, 0.3) is 10.8 Å². The van der Waals surface area contributed by atoms with Gasteiger partial charge in [0.15, 0.2) is 0 Å². The largest absolute Gasteiger partial charge is 0.493 e. The van der Waals surface area contributed by atoms with Crippen LogP contribution in [0, 0.1) is 6.92 Å². The maximum absolute atomic E-state index is 13.2. The van der Waals surface area contributed by atoms with Gasteiger partial charge in [-0.05, 0) is 43.5 Å². The zero-order valence-electron chi connectivity index (χ0n) is 19.5. The van der Waals surface area contributed by atoms with Gasteiger partial charge in [0.05, 0.1) is 13.2 Å². The molecule has 3 rings (SSSR count). The number of carbonyl (C=O) groups is 1. The Balaban J connectivity index is 2.03. The van der Waals surface area contributed by atoms with Crippen LogP contribution in [-0.4, -0.2) is 19.2 Å². The molecule has 32 heavy (non-hydrogen) atoms. The number of aryl methyl sites for hydroxylation is 1. The van der Waals surface area contributed by atoms with E-state index in [1.165, 1.54) is 0 Å². The molecule has 0 aliphatic heterocycles. The summed E-state index contributed by atoms with van der Waals surface area (Å²) in [5.74, 6) is 1.34. The lowest BCUT2D eigenvalue weighted by atomic mass is 10.00. The Morgan fingerprint density at radius 2 is 1.50 bits per heavy atom. The van der Waals surface area contributed by atoms with E-state index in [0.29, 0.717) is 36.0 Å². The molecular weight excluding hydrogens is 400 g/mol. The van der Waals surface area contributed by atoms with Crippen LogP contribution in [-0.2, 0) is 0 Å². The van der Waals surface area contributed by atoms with Crippen molar-refractivity contribution in [2.45, 2.75) is 59.3 Å². The quantitative estimate of drug-likeness (QED) is 0.168. The first-order valence-electron chi connectivity index (χ1n) is 11.7. The lowest BCUT2D eigenvalue weighted by molar-refractivity contribution is 0.0730. The molecule has 3 aromatic carbocycles. The van der Waals surface area contributed by atoms with Gasteiger partial charge < -0.3 is 14.2 Å². The molecule has 0 radical (unpaired) electrons. The number of hydrogen-bond donors (Lipinski definition) is 0. The van der Waals surface area contributed by atoms with Gasteiger partial charge in [0, 0.05) is 10.8 Å². The molecule has 0 atom stereocenters. The molecular formula is C28H34O4. The fraction of sp³-hybridized carbons (Fsp3) is 0.393. The van der Waals surface area contributed by atoms with Gasteiger partial charge in [0.2, 0.25) is 0 Å². The van der Waals surface area contributed by atoms with E-state index in [1.54, 1.807) is 18.2 Å². The van der Waals surface area contributed by atoms with Crippen LogP contribution in [0.2, 0.25) is 0 Å². The van der Waals surface area contributed by atoms with Crippen molar-refractivity contribution in [2.24, 2.45) is 0 Å². The highest BCUT2D eigenvalue weighted by atomic mass is 16.5. The average Bonchev–Trinajstić information content (AvgIpc) is 2.80. The number of hydrogen-bond acceptors (Lipinski definition) is 4. The van der Waals surface area contributed by atoms with E-state index in [-0.39, 0.29) is 0 Å². The number of para-hydroxylation sites is 1. The Morgan fingerprint density at radius 3 is 2.19 bits per heavy atom. The number of unbranched alkanes of at least 4 members (excludes halogenated alkanes) is 4. The van der Waals surface area contributed by atoms with Crippen molar-refractivity contribution in [3.63, 3.8) is 0 Å². The summed E-state index contributed by atoms with van der Waals surface area (Å²) in [5, 5.41) is 1.88. The molecule has 0 heterocycles. The first-order chi connectivity index (χ1) is 15.7. The predicted octanol–water partition coefficient (Wildman–Crippen LogP) is 7.51. The van der Waals surface area contributed by atoms with Gasteiger partial charge in [-0.25, -0.2) is 4.79 Å². The Morgan fingerprint density at radius 1 is 0.812 bits per heavy atom. The Labute approximate surface area is 191 Å². The van der Waals surface area contributed by atoms with E-state index in [1.807, 2.05) is 30.3 Å². The highest BCUT2D eigenvalue weighted by Crippen LogP contribution is 2.39. The maximum atomic E-state index is 13.2. The van der Waals surface area contributed by atoms with E-state index < -0.39 is 5.97 Å². The molecule has 0 saturated carbocycles. The van der Waals surface area contributed by atoms with Crippen LogP contribution >= 0.6 is 0 Å². The van der Waals surface area contributed by atoms with E-state index in [0.717, 1.165) is 54.9 Å². The molecule has 0 bridgehead atoms. The minimum Gasteiger partial charge on any atom is -0.493 e. The Kier molecular flexibility index (Phi) is 8.97. The molecule has 0 saturated heterocycles. The van der Waals surface area contributed by atoms with Crippen molar-refractivity contribution in [3.05, 3.63) is 65.7 Å². The third kappa shape index (κ3) is 6.03. The second-order valence-corrected chi connectivity index (χ2v) is 8.06. The van der Waals surface area contributed by atoms with Crippen LogP contribution in [0.15, 0.2) is 54.6 Å². The second kappa shape index (κ2) is 12.1. The highest BCUT2D eigenvalue weighted by Gasteiger charge is 2.22. The first kappa shape index (κ1) is 23.6. The molecule has 3 aromatic rings. The van der Waals surface area contributed by atoms with Crippen molar-refractivity contribution in [1.82, 2.24) is 0 Å². The molecule has 0 aliphatic rings. The summed E-state index contributed by atoms with van der Waals surface area (Å²) in [4.78, 5) is 13.2. The van der Waals surface area contributed by atoms with Gasteiger partial charge >= 0.3 is 5.97 Å². The third-order valence-corrected chi connectivity index (χ3v) is 5.46. The van der Waals surface area contributed by atoms with Crippen molar-refractivity contribution < 1.29 is 19.0 Å². The molecule has 4 heteroatoms. The zero-order valence-corrected chi connectivity index (χ0v) is 19.5. The molecule has 0 spiro atoms. The van der Waals surface area contributed by atoms with Crippen molar-refractivity contribution >= 4 is 16.7 Å². The summed E-state index contributed by atoms with van der Waals surface area (Å²) in [7, 11) is 0. The van der Waals surface area contributed by atoms with Crippen LogP contribution in [0.5, 0.6) is 17.2 Å². The summed E-state index contributed by atoms with van der Waals surface area (Å²) < 4.78 is 18.1. The topological polar surface area (TPSA) is 44.8 Å². The van der Waals surface area contributed by atoms with Gasteiger partial charge in [0.1, 0.15) is 22.8 Å².